The van der Waals surface area contributed by atoms with E-state index in [1.54, 1.807) is 32.2 Å². The summed E-state index contributed by atoms with van der Waals surface area (Å²) in [5, 5.41) is 4.18. The zero-order valence-corrected chi connectivity index (χ0v) is 12.1. The van der Waals surface area contributed by atoms with Crippen molar-refractivity contribution in [1.29, 1.82) is 0 Å². The van der Waals surface area contributed by atoms with Crippen molar-refractivity contribution >= 4 is 0 Å². The van der Waals surface area contributed by atoms with Gasteiger partial charge >= 0.3 is 0 Å². The topological polar surface area (TPSA) is 71.5 Å². The maximum Gasteiger partial charge on any atom is 0.161 e. The van der Waals surface area contributed by atoms with E-state index in [0.29, 0.717) is 17.2 Å². The summed E-state index contributed by atoms with van der Waals surface area (Å²) in [7, 11) is 6.61. The zero-order chi connectivity index (χ0) is 14.7. The first-order valence-corrected chi connectivity index (χ1v) is 6.16. The second-order valence-electron chi connectivity index (χ2n) is 4.28. The van der Waals surface area contributed by atoms with E-state index in [2.05, 4.69) is 5.10 Å². The van der Waals surface area contributed by atoms with Crippen LogP contribution in [0.1, 0.15) is 17.3 Å². The molecular weight excluding hydrogens is 258 g/mol. The average molecular weight is 277 g/mol. The Kier molecular flexibility index (Phi) is 4.14. The number of nitrogens with zero attached hydrogens (tertiary/aromatic N) is 2. The molecule has 0 amide bonds. The molecule has 0 aliphatic carbocycles. The number of hydrogen-bond acceptors (Lipinski definition) is 5. The third kappa shape index (κ3) is 2.30. The van der Waals surface area contributed by atoms with Gasteiger partial charge in [-0.2, -0.15) is 5.10 Å². The molecule has 0 spiro atoms. The van der Waals surface area contributed by atoms with E-state index in [-0.39, 0.29) is 0 Å². The van der Waals surface area contributed by atoms with Crippen LogP contribution in [0, 0.1) is 0 Å². The lowest BCUT2D eigenvalue weighted by molar-refractivity contribution is 0.377. The first-order valence-electron chi connectivity index (χ1n) is 6.16. The van der Waals surface area contributed by atoms with Crippen LogP contribution in [0.4, 0.5) is 0 Å². The average Bonchev–Trinajstić information content (AvgIpc) is 2.86. The van der Waals surface area contributed by atoms with Crippen LogP contribution >= 0.6 is 0 Å². The van der Waals surface area contributed by atoms with Gasteiger partial charge in [-0.1, -0.05) is 6.07 Å². The minimum absolute atomic E-state index is 0.469. The fourth-order valence-corrected chi connectivity index (χ4v) is 2.26. The van der Waals surface area contributed by atoms with Gasteiger partial charge in [0.1, 0.15) is 17.2 Å². The van der Waals surface area contributed by atoms with Crippen molar-refractivity contribution in [2.45, 2.75) is 6.04 Å². The second-order valence-corrected chi connectivity index (χ2v) is 4.28. The van der Waals surface area contributed by atoms with Crippen molar-refractivity contribution < 1.29 is 14.2 Å². The van der Waals surface area contributed by atoms with Gasteiger partial charge in [0.15, 0.2) is 5.75 Å². The van der Waals surface area contributed by atoms with Gasteiger partial charge in [0.05, 0.1) is 39.1 Å². The summed E-state index contributed by atoms with van der Waals surface area (Å²) in [6.07, 6.45) is 1.64. The highest BCUT2D eigenvalue weighted by Gasteiger charge is 2.25. The van der Waals surface area contributed by atoms with Gasteiger partial charge in [0, 0.05) is 7.05 Å². The molecule has 0 bridgehead atoms. The minimum Gasteiger partial charge on any atom is -0.496 e. The lowest BCUT2D eigenvalue weighted by Crippen LogP contribution is -2.18. The summed E-state index contributed by atoms with van der Waals surface area (Å²) in [6.45, 7) is 0. The molecular formula is C14H19N3O3. The molecule has 1 aromatic carbocycles. The van der Waals surface area contributed by atoms with Crippen molar-refractivity contribution in [3.63, 3.8) is 0 Å². The Bertz CT molecular complexity index is 573. The molecule has 0 saturated carbocycles. The Morgan fingerprint density at radius 1 is 1.05 bits per heavy atom. The molecule has 2 rings (SSSR count). The summed E-state index contributed by atoms with van der Waals surface area (Å²) >= 11 is 0. The summed E-state index contributed by atoms with van der Waals surface area (Å²) in [4.78, 5) is 0. The fraction of sp³-hybridized carbons (Fsp3) is 0.357. The normalized spacial score (nSPS) is 12.1. The van der Waals surface area contributed by atoms with E-state index in [1.807, 2.05) is 25.2 Å². The van der Waals surface area contributed by atoms with Crippen LogP contribution in [0.15, 0.2) is 24.4 Å². The van der Waals surface area contributed by atoms with Crippen molar-refractivity contribution in [3.8, 4) is 17.2 Å². The maximum absolute atomic E-state index is 6.39. The molecule has 0 fully saturated rings. The van der Waals surface area contributed by atoms with Crippen LogP contribution in [0.3, 0.4) is 0 Å². The van der Waals surface area contributed by atoms with Crippen LogP contribution in [-0.4, -0.2) is 31.1 Å². The van der Waals surface area contributed by atoms with Gasteiger partial charge in [0.2, 0.25) is 0 Å². The quantitative estimate of drug-likeness (QED) is 0.896. The molecule has 2 N–H and O–H groups in total. The molecule has 0 saturated heterocycles. The number of hydrogen-bond donors (Lipinski definition) is 1. The Morgan fingerprint density at radius 2 is 1.60 bits per heavy atom. The van der Waals surface area contributed by atoms with Crippen LogP contribution in [0.2, 0.25) is 0 Å². The summed E-state index contributed by atoms with van der Waals surface area (Å²) in [6, 6.07) is 5.08. The van der Waals surface area contributed by atoms with Crippen molar-refractivity contribution in [3.05, 3.63) is 35.7 Å². The van der Waals surface area contributed by atoms with Crippen molar-refractivity contribution in [2.75, 3.05) is 21.3 Å². The fourth-order valence-electron chi connectivity index (χ4n) is 2.26. The molecule has 1 heterocycles. The van der Waals surface area contributed by atoms with Crippen molar-refractivity contribution in [2.24, 2.45) is 12.8 Å². The van der Waals surface area contributed by atoms with E-state index in [0.717, 1.165) is 11.3 Å². The first-order chi connectivity index (χ1) is 9.63. The summed E-state index contributed by atoms with van der Waals surface area (Å²) < 4.78 is 17.8. The molecule has 0 aliphatic heterocycles. The van der Waals surface area contributed by atoms with Gasteiger partial charge < -0.3 is 19.9 Å². The Labute approximate surface area is 118 Å². The third-order valence-corrected chi connectivity index (χ3v) is 3.24. The van der Waals surface area contributed by atoms with Crippen LogP contribution in [-0.2, 0) is 7.05 Å². The molecule has 6 heteroatoms. The van der Waals surface area contributed by atoms with E-state index in [1.165, 1.54) is 0 Å². The molecule has 1 aromatic heterocycles. The Hall–Kier alpha value is -2.21. The lowest BCUT2D eigenvalue weighted by atomic mass is 10.0. The van der Waals surface area contributed by atoms with Crippen LogP contribution in [0.25, 0.3) is 0 Å². The summed E-state index contributed by atoms with van der Waals surface area (Å²) in [5.41, 5.74) is 7.91. The number of benzene rings is 1. The highest BCUT2D eigenvalue weighted by molar-refractivity contribution is 5.51. The van der Waals surface area contributed by atoms with Gasteiger partial charge in [-0.05, 0) is 12.1 Å². The third-order valence-electron chi connectivity index (χ3n) is 3.24. The van der Waals surface area contributed by atoms with Crippen molar-refractivity contribution in [1.82, 2.24) is 9.78 Å². The lowest BCUT2D eigenvalue weighted by Gasteiger charge is -2.19. The van der Waals surface area contributed by atoms with Gasteiger partial charge in [-0.15, -0.1) is 0 Å². The number of methoxy groups -OCH3 is 3. The standard InChI is InChI=1S/C14H19N3O3/c1-17-14(11(20-4)8-16-17)13(15)12-9(18-2)6-5-7-10(12)19-3/h5-8,13H,15H2,1-4H3. The highest BCUT2D eigenvalue weighted by atomic mass is 16.5. The van der Waals surface area contributed by atoms with E-state index in [9.17, 15) is 0 Å². The zero-order valence-electron chi connectivity index (χ0n) is 12.1. The Balaban J connectivity index is 2.58. The predicted octanol–water partition coefficient (Wildman–Crippen LogP) is 1.49. The largest absolute Gasteiger partial charge is 0.496 e. The maximum atomic E-state index is 6.39. The molecule has 6 nitrogen and oxygen atoms in total. The van der Waals surface area contributed by atoms with Crippen LogP contribution in [0.5, 0.6) is 17.2 Å². The molecule has 0 aliphatic rings. The molecule has 20 heavy (non-hydrogen) atoms. The number of nitrogens with two attached hydrogens (primary N) is 1. The summed E-state index contributed by atoms with van der Waals surface area (Å²) in [5.74, 6) is 1.97. The number of aromatic nitrogens is 2. The van der Waals surface area contributed by atoms with E-state index < -0.39 is 6.04 Å². The predicted molar refractivity (Wildman–Crippen MR) is 75.3 cm³/mol. The molecule has 0 radical (unpaired) electrons. The van der Waals surface area contributed by atoms with E-state index >= 15 is 0 Å². The molecule has 2 aromatic rings. The van der Waals surface area contributed by atoms with Gasteiger partial charge in [-0.3, -0.25) is 4.68 Å². The molecule has 108 valence electrons. The SMILES string of the molecule is COc1cccc(OC)c1C(N)c1c(OC)cnn1C. The second kappa shape index (κ2) is 5.83. The first kappa shape index (κ1) is 14.2. The Morgan fingerprint density at radius 3 is 2.10 bits per heavy atom. The van der Waals surface area contributed by atoms with Gasteiger partial charge in [-0.25, -0.2) is 0 Å². The molecule has 1 atom stereocenters. The number of rotatable bonds is 5. The monoisotopic (exact) mass is 277 g/mol. The smallest absolute Gasteiger partial charge is 0.161 e. The molecule has 1 unspecified atom stereocenters. The highest BCUT2D eigenvalue weighted by Crippen LogP contribution is 2.38. The minimum atomic E-state index is -0.469. The number of ether oxygens (including phenoxy) is 3. The van der Waals surface area contributed by atoms with Gasteiger partial charge in [0.25, 0.3) is 0 Å². The van der Waals surface area contributed by atoms with Crippen LogP contribution < -0.4 is 19.9 Å². The van der Waals surface area contributed by atoms with E-state index in [4.69, 9.17) is 19.9 Å². The number of aryl methyl sites for hydroxylation is 1.